The molecule has 0 radical (unpaired) electrons. The van der Waals surface area contributed by atoms with Crippen LogP contribution in [-0.4, -0.2) is 46.8 Å². The van der Waals surface area contributed by atoms with Crippen molar-refractivity contribution in [3.8, 4) is 17.0 Å². The number of hydrogen-bond acceptors (Lipinski definition) is 6. The summed E-state index contributed by atoms with van der Waals surface area (Å²) in [6.07, 6.45) is 7.67. The van der Waals surface area contributed by atoms with Crippen LogP contribution < -0.4 is 4.74 Å². The third-order valence-corrected chi connectivity index (χ3v) is 6.27. The van der Waals surface area contributed by atoms with Crippen LogP contribution in [0.15, 0.2) is 30.6 Å². The smallest absolute Gasteiger partial charge is 0.310 e. The molecule has 3 aromatic rings. The number of nitrogens with zero attached hydrogens (tertiary/aromatic N) is 3. The number of imidazole rings is 1. The molecule has 4 rings (SSSR count). The fourth-order valence-electron chi connectivity index (χ4n) is 4.59. The molecule has 0 N–H and O–H groups in total. The van der Waals surface area contributed by atoms with Gasteiger partial charge in [-0.15, -0.1) is 0 Å². The number of esters is 1. The molecule has 2 aromatic heterocycles. The molecule has 0 unspecified atom stereocenters. The highest BCUT2D eigenvalue weighted by Crippen LogP contribution is 2.35. The van der Waals surface area contributed by atoms with Crippen LogP contribution in [0.1, 0.15) is 62.5 Å². The van der Waals surface area contributed by atoms with Crippen molar-refractivity contribution in [2.24, 2.45) is 0 Å². The van der Waals surface area contributed by atoms with E-state index in [1.54, 1.807) is 7.11 Å². The number of methoxy groups -OCH3 is 1. The highest BCUT2D eigenvalue weighted by atomic mass is 16.5. The number of fused-ring (bicyclic) bond motifs is 1. The van der Waals surface area contributed by atoms with Crippen molar-refractivity contribution < 1.29 is 19.0 Å². The quantitative estimate of drug-likeness (QED) is 0.454. The zero-order valence-electron chi connectivity index (χ0n) is 20.0. The van der Waals surface area contributed by atoms with Crippen molar-refractivity contribution in [2.45, 2.75) is 64.9 Å². The summed E-state index contributed by atoms with van der Waals surface area (Å²) >= 11 is 0. The predicted molar refractivity (Wildman–Crippen MR) is 127 cm³/mol. The molecule has 1 aliphatic rings. The Labute approximate surface area is 195 Å². The third kappa shape index (κ3) is 5.03. The summed E-state index contributed by atoms with van der Waals surface area (Å²) in [4.78, 5) is 22.0. The van der Waals surface area contributed by atoms with Gasteiger partial charge in [-0.1, -0.05) is 25.5 Å². The van der Waals surface area contributed by atoms with Gasteiger partial charge < -0.3 is 14.2 Å². The van der Waals surface area contributed by atoms with Gasteiger partial charge in [0.15, 0.2) is 0 Å². The molecule has 33 heavy (non-hydrogen) atoms. The molecule has 1 aromatic carbocycles. The van der Waals surface area contributed by atoms with E-state index >= 15 is 0 Å². The molecule has 1 fully saturated rings. The second-order valence-corrected chi connectivity index (χ2v) is 8.73. The fraction of sp³-hybridized carbons (Fsp3) is 0.500. The summed E-state index contributed by atoms with van der Waals surface area (Å²) in [5.41, 5.74) is 4.55. The van der Waals surface area contributed by atoms with Crippen LogP contribution in [0.2, 0.25) is 0 Å². The molecule has 1 aliphatic heterocycles. The van der Waals surface area contributed by atoms with Crippen molar-refractivity contribution in [1.29, 1.82) is 0 Å². The second kappa shape index (κ2) is 10.3. The summed E-state index contributed by atoms with van der Waals surface area (Å²) in [7, 11) is 1.62. The lowest BCUT2D eigenvalue weighted by atomic mass is 9.99. The lowest BCUT2D eigenvalue weighted by Gasteiger charge is -2.20. The summed E-state index contributed by atoms with van der Waals surface area (Å²) in [6, 6.07) is 5.90. The molecule has 0 spiro atoms. The van der Waals surface area contributed by atoms with E-state index in [1.807, 2.05) is 44.4 Å². The van der Waals surface area contributed by atoms with Gasteiger partial charge >= 0.3 is 5.97 Å². The first kappa shape index (κ1) is 23.2. The Hall–Kier alpha value is -2.93. The summed E-state index contributed by atoms with van der Waals surface area (Å²) in [6.45, 7) is 7.53. The van der Waals surface area contributed by atoms with E-state index < -0.39 is 0 Å². The lowest BCUT2D eigenvalue weighted by molar-refractivity contribution is -0.147. The Morgan fingerprint density at radius 3 is 2.82 bits per heavy atom. The van der Waals surface area contributed by atoms with Crippen LogP contribution in [0, 0.1) is 6.92 Å². The fourth-order valence-corrected chi connectivity index (χ4v) is 4.59. The zero-order valence-corrected chi connectivity index (χ0v) is 20.0. The minimum absolute atomic E-state index is 0.0799. The molecular formula is C26H33N3O4. The van der Waals surface area contributed by atoms with E-state index in [9.17, 15) is 4.79 Å². The Bertz CT molecular complexity index is 1120. The molecule has 0 aliphatic carbocycles. The van der Waals surface area contributed by atoms with Gasteiger partial charge in [0, 0.05) is 42.7 Å². The van der Waals surface area contributed by atoms with Crippen LogP contribution in [0.4, 0.5) is 0 Å². The van der Waals surface area contributed by atoms with E-state index in [-0.39, 0.29) is 18.5 Å². The van der Waals surface area contributed by atoms with Crippen LogP contribution in [0.5, 0.6) is 5.75 Å². The van der Waals surface area contributed by atoms with Crippen molar-refractivity contribution >= 4 is 11.5 Å². The highest BCUT2D eigenvalue weighted by Gasteiger charge is 2.24. The SMILES string of the molecule is CCC[C@H](C)OC(=O)Cc1ccc(-c2nc(C3CCOCC3)n3ccnc(C)c23)cc1OC. The molecule has 0 amide bonds. The Morgan fingerprint density at radius 1 is 1.30 bits per heavy atom. The van der Waals surface area contributed by atoms with E-state index in [0.29, 0.717) is 11.7 Å². The normalized spacial score (nSPS) is 15.5. The Morgan fingerprint density at radius 2 is 2.09 bits per heavy atom. The van der Waals surface area contributed by atoms with Gasteiger partial charge in [0.05, 0.1) is 36.5 Å². The summed E-state index contributed by atoms with van der Waals surface area (Å²) in [5, 5.41) is 0. The first-order valence-electron chi connectivity index (χ1n) is 11.8. The maximum Gasteiger partial charge on any atom is 0.310 e. The minimum atomic E-state index is -0.240. The number of ether oxygens (including phenoxy) is 3. The first-order valence-corrected chi connectivity index (χ1v) is 11.8. The minimum Gasteiger partial charge on any atom is -0.496 e. The van der Waals surface area contributed by atoms with Gasteiger partial charge in [0.25, 0.3) is 0 Å². The number of hydrogen-bond donors (Lipinski definition) is 0. The van der Waals surface area contributed by atoms with Gasteiger partial charge in [-0.2, -0.15) is 0 Å². The van der Waals surface area contributed by atoms with E-state index in [0.717, 1.165) is 72.8 Å². The van der Waals surface area contributed by atoms with Gasteiger partial charge in [0.2, 0.25) is 0 Å². The molecule has 0 saturated carbocycles. The lowest BCUT2D eigenvalue weighted by Crippen LogP contribution is -2.16. The maximum atomic E-state index is 12.4. The van der Waals surface area contributed by atoms with Gasteiger partial charge in [-0.3, -0.25) is 14.2 Å². The van der Waals surface area contributed by atoms with Gasteiger partial charge in [0.1, 0.15) is 11.6 Å². The first-order chi connectivity index (χ1) is 16.0. The van der Waals surface area contributed by atoms with E-state index in [1.165, 1.54) is 0 Å². The molecule has 7 nitrogen and oxygen atoms in total. The average Bonchev–Trinajstić information content (AvgIpc) is 3.21. The monoisotopic (exact) mass is 451 g/mol. The standard InChI is InChI=1S/C26H33N3O4/c1-5-6-17(2)33-23(30)16-20-7-8-21(15-22(20)31-4)24-25-18(3)27-11-12-29(25)26(28-24)19-9-13-32-14-10-19/h7-8,11-12,15,17,19H,5-6,9-10,13-14,16H2,1-4H3/t17-/m0/s1. The third-order valence-electron chi connectivity index (χ3n) is 6.27. The van der Waals surface area contributed by atoms with Crippen LogP contribution >= 0.6 is 0 Å². The van der Waals surface area contributed by atoms with Crippen LogP contribution in [0.3, 0.4) is 0 Å². The van der Waals surface area contributed by atoms with E-state index in [2.05, 4.69) is 16.3 Å². The summed E-state index contributed by atoms with van der Waals surface area (Å²) < 4.78 is 18.9. The summed E-state index contributed by atoms with van der Waals surface area (Å²) in [5.74, 6) is 1.81. The Kier molecular flexibility index (Phi) is 7.28. The van der Waals surface area contributed by atoms with Crippen LogP contribution in [0.25, 0.3) is 16.8 Å². The van der Waals surface area contributed by atoms with Gasteiger partial charge in [-0.05, 0) is 39.2 Å². The molecule has 1 atom stereocenters. The molecule has 176 valence electrons. The maximum absolute atomic E-state index is 12.4. The second-order valence-electron chi connectivity index (χ2n) is 8.73. The van der Waals surface area contributed by atoms with E-state index in [4.69, 9.17) is 19.2 Å². The topological polar surface area (TPSA) is 75.0 Å². The molecule has 3 heterocycles. The number of carbonyl (C=O) groups is 1. The number of aromatic nitrogens is 3. The zero-order chi connectivity index (χ0) is 23.4. The van der Waals surface area contributed by atoms with Gasteiger partial charge in [-0.25, -0.2) is 4.98 Å². The predicted octanol–water partition coefficient (Wildman–Crippen LogP) is 4.88. The average molecular weight is 452 g/mol. The molecule has 1 saturated heterocycles. The number of rotatable bonds is 8. The number of benzene rings is 1. The van der Waals surface area contributed by atoms with Crippen molar-refractivity contribution in [1.82, 2.24) is 14.4 Å². The Balaban J connectivity index is 1.68. The highest BCUT2D eigenvalue weighted by molar-refractivity contribution is 5.81. The number of aryl methyl sites for hydroxylation is 1. The number of carbonyl (C=O) groups excluding carboxylic acids is 1. The van der Waals surface area contributed by atoms with Crippen molar-refractivity contribution in [2.75, 3.05) is 20.3 Å². The molecule has 0 bridgehead atoms. The molecule has 7 heteroatoms. The van der Waals surface area contributed by atoms with Crippen molar-refractivity contribution in [3.63, 3.8) is 0 Å². The van der Waals surface area contributed by atoms with Crippen molar-refractivity contribution in [3.05, 3.63) is 47.7 Å². The molecular weight excluding hydrogens is 418 g/mol. The van der Waals surface area contributed by atoms with Crippen LogP contribution in [-0.2, 0) is 20.7 Å². The largest absolute Gasteiger partial charge is 0.496 e.